The molecule has 1 atom stereocenters. The van der Waals surface area contributed by atoms with Crippen LogP contribution >= 0.6 is 0 Å². The number of carbonyl (C=O) groups excluding carboxylic acids is 3. The SMILES string of the molecule is COC1=NC(=O)CN(C(C)CN2CC(=O)NC(=O)C2)C1. The molecule has 3 amide bonds. The molecule has 110 valence electrons. The highest BCUT2D eigenvalue weighted by atomic mass is 16.5. The predicted molar refractivity (Wildman–Crippen MR) is 70.1 cm³/mol. The number of rotatable bonds is 3. The molecule has 8 heteroatoms. The molecule has 2 aliphatic heterocycles. The third-order valence-corrected chi connectivity index (χ3v) is 3.32. The molecule has 2 aliphatic rings. The minimum Gasteiger partial charge on any atom is -0.483 e. The maximum absolute atomic E-state index is 11.5. The molecule has 0 aromatic rings. The quantitative estimate of drug-likeness (QED) is 0.615. The van der Waals surface area contributed by atoms with Gasteiger partial charge in [0.25, 0.3) is 5.91 Å². The summed E-state index contributed by atoms with van der Waals surface area (Å²) in [4.78, 5) is 41.6. The summed E-state index contributed by atoms with van der Waals surface area (Å²) in [6, 6.07) is 0.0123. The summed E-state index contributed by atoms with van der Waals surface area (Å²) < 4.78 is 5.02. The highest BCUT2D eigenvalue weighted by Crippen LogP contribution is 2.08. The van der Waals surface area contributed by atoms with Crippen LogP contribution in [0, 0.1) is 0 Å². The standard InChI is InChI=1S/C12H18N4O4/c1-8(3-15-4-9(17)13-10(18)5-15)16-6-11(19)14-12(7-16)20-2/h8H,3-7H2,1-2H3,(H,13,17,18). The van der Waals surface area contributed by atoms with E-state index >= 15 is 0 Å². The Morgan fingerprint density at radius 3 is 2.45 bits per heavy atom. The molecular formula is C12H18N4O4. The number of carbonyl (C=O) groups is 3. The summed E-state index contributed by atoms with van der Waals surface area (Å²) in [6.07, 6.45) is 0. The number of ether oxygens (including phenoxy) is 1. The van der Waals surface area contributed by atoms with Crippen molar-refractivity contribution in [3.63, 3.8) is 0 Å². The Hall–Kier alpha value is -1.80. The fourth-order valence-electron chi connectivity index (χ4n) is 2.35. The molecule has 0 aromatic carbocycles. The number of nitrogens with one attached hydrogen (secondary N) is 1. The largest absolute Gasteiger partial charge is 0.483 e. The van der Waals surface area contributed by atoms with E-state index in [0.29, 0.717) is 19.0 Å². The third kappa shape index (κ3) is 3.61. The van der Waals surface area contributed by atoms with Gasteiger partial charge >= 0.3 is 0 Å². The van der Waals surface area contributed by atoms with Gasteiger partial charge in [-0.3, -0.25) is 29.5 Å². The average Bonchev–Trinajstić information content (AvgIpc) is 2.36. The first kappa shape index (κ1) is 14.6. The molecule has 1 unspecified atom stereocenters. The second-order valence-electron chi connectivity index (χ2n) is 5.00. The molecule has 0 aliphatic carbocycles. The van der Waals surface area contributed by atoms with Crippen molar-refractivity contribution < 1.29 is 19.1 Å². The first-order valence-corrected chi connectivity index (χ1v) is 6.41. The van der Waals surface area contributed by atoms with Gasteiger partial charge in [-0.2, -0.15) is 4.99 Å². The molecule has 1 fully saturated rings. The number of amides is 3. The van der Waals surface area contributed by atoms with E-state index in [4.69, 9.17) is 4.74 Å². The lowest BCUT2D eigenvalue weighted by Gasteiger charge is -2.34. The first-order chi connectivity index (χ1) is 9.47. The van der Waals surface area contributed by atoms with Gasteiger partial charge < -0.3 is 4.74 Å². The zero-order valence-corrected chi connectivity index (χ0v) is 11.6. The van der Waals surface area contributed by atoms with Crippen molar-refractivity contribution in [1.29, 1.82) is 0 Å². The average molecular weight is 282 g/mol. The highest BCUT2D eigenvalue weighted by Gasteiger charge is 2.28. The van der Waals surface area contributed by atoms with E-state index < -0.39 is 0 Å². The lowest BCUT2D eigenvalue weighted by molar-refractivity contribution is -0.136. The second kappa shape index (κ2) is 6.10. The van der Waals surface area contributed by atoms with Crippen LogP contribution in [0.2, 0.25) is 0 Å². The van der Waals surface area contributed by atoms with Crippen molar-refractivity contribution in [2.45, 2.75) is 13.0 Å². The van der Waals surface area contributed by atoms with Crippen LogP contribution in [0.5, 0.6) is 0 Å². The highest BCUT2D eigenvalue weighted by molar-refractivity contribution is 5.99. The number of hydrogen-bond donors (Lipinski definition) is 1. The van der Waals surface area contributed by atoms with Gasteiger partial charge in [-0.25, -0.2) is 0 Å². The topological polar surface area (TPSA) is 91.3 Å². The monoisotopic (exact) mass is 282 g/mol. The van der Waals surface area contributed by atoms with Crippen LogP contribution in [0.1, 0.15) is 6.92 Å². The lowest BCUT2D eigenvalue weighted by Crippen LogP contribution is -2.55. The molecule has 0 saturated carbocycles. The Labute approximate surface area is 116 Å². The van der Waals surface area contributed by atoms with E-state index in [-0.39, 0.29) is 43.4 Å². The molecule has 1 N–H and O–H groups in total. The summed E-state index contributed by atoms with van der Waals surface area (Å²) in [6.45, 7) is 3.55. The van der Waals surface area contributed by atoms with Gasteiger partial charge in [-0.15, -0.1) is 0 Å². The van der Waals surface area contributed by atoms with Gasteiger partial charge in [0.15, 0.2) is 0 Å². The minimum absolute atomic E-state index is 0.0123. The van der Waals surface area contributed by atoms with Crippen molar-refractivity contribution in [1.82, 2.24) is 15.1 Å². The summed E-state index contributed by atoms with van der Waals surface area (Å²) in [5.74, 6) is -0.433. The van der Waals surface area contributed by atoms with Crippen LogP contribution in [0.4, 0.5) is 0 Å². The molecule has 8 nitrogen and oxygen atoms in total. The van der Waals surface area contributed by atoms with Crippen molar-refractivity contribution in [3.05, 3.63) is 0 Å². The summed E-state index contributed by atoms with van der Waals surface area (Å²) in [7, 11) is 1.48. The van der Waals surface area contributed by atoms with Crippen LogP contribution < -0.4 is 5.32 Å². The summed E-state index contributed by atoms with van der Waals surface area (Å²) in [5, 5.41) is 2.26. The number of piperazine rings is 1. The molecule has 0 spiro atoms. The van der Waals surface area contributed by atoms with Gasteiger partial charge in [-0.1, -0.05) is 0 Å². The van der Waals surface area contributed by atoms with Crippen LogP contribution in [0.15, 0.2) is 4.99 Å². The van der Waals surface area contributed by atoms with Crippen LogP contribution in [0.25, 0.3) is 0 Å². The van der Waals surface area contributed by atoms with Gasteiger partial charge in [0, 0.05) is 12.6 Å². The Kier molecular flexibility index (Phi) is 4.46. The first-order valence-electron chi connectivity index (χ1n) is 6.41. The molecular weight excluding hydrogens is 264 g/mol. The van der Waals surface area contributed by atoms with Crippen LogP contribution in [0.3, 0.4) is 0 Å². The zero-order chi connectivity index (χ0) is 14.7. The van der Waals surface area contributed by atoms with Gasteiger partial charge in [-0.05, 0) is 6.92 Å². The molecule has 2 rings (SSSR count). The van der Waals surface area contributed by atoms with Crippen molar-refractivity contribution in [2.24, 2.45) is 4.99 Å². The summed E-state index contributed by atoms with van der Waals surface area (Å²) >= 11 is 0. The molecule has 0 aromatic heterocycles. The van der Waals surface area contributed by atoms with E-state index in [1.807, 2.05) is 11.8 Å². The van der Waals surface area contributed by atoms with Gasteiger partial charge in [0.05, 0.1) is 33.3 Å². The number of imide groups is 1. The zero-order valence-electron chi connectivity index (χ0n) is 11.6. The minimum atomic E-state index is -0.290. The number of nitrogens with zero attached hydrogens (tertiary/aromatic N) is 3. The Balaban J connectivity index is 1.93. The van der Waals surface area contributed by atoms with E-state index in [0.717, 1.165) is 0 Å². The van der Waals surface area contributed by atoms with Crippen LogP contribution in [-0.4, -0.2) is 79.3 Å². The Morgan fingerprint density at radius 2 is 1.85 bits per heavy atom. The fraction of sp³-hybridized carbons (Fsp3) is 0.667. The summed E-state index contributed by atoms with van der Waals surface area (Å²) in [5.41, 5.74) is 0. The van der Waals surface area contributed by atoms with Crippen molar-refractivity contribution >= 4 is 23.6 Å². The molecule has 2 heterocycles. The normalized spacial score (nSPS) is 23.3. The van der Waals surface area contributed by atoms with E-state index in [1.165, 1.54) is 7.11 Å². The molecule has 1 saturated heterocycles. The number of methoxy groups -OCH3 is 1. The number of aliphatic imine (C=N–C) groups is 1. The lowest BCUT2D eigenvalue weighted by atomic mass is 10.2. The molecule has 0 bridgehead atoms. The van der Waals surface area contributed by atoms with Gasteiger partial charge in [0.2, 0.25) is 17.7 Å². The molecule has 0 radical (unpaired) electrons. The molecule has 20 heavy (non-hydrogen) atoms. The van der Waals surface area contributed by atoms with Crippen molar-refractivity contribution in [3.8, 4) is 0 Å². The number of hydrogen-bond acceptors (Lipinski definition) is 6. The second-order valence-corrected chi connectivity index (χ2v) is 5.00. The van der Waals surface area contributed by atoms with E-state index in [2.05, 4.69) is 10.3 Å². The predicted octanol–water partition coefficient (Wildman–Crippen LogP) is -1.78. The van der Waals surface area contributed by atoms with Crippen molar-refractivity contribution in [2.75, 3.05) is 39.8 Å². The maximum atomic E-state index is 11.5. The van der Waals surface area contributed by atoms with Gasteiger partial charge in [0.1, 0.15) is 0 Å². The smallest absolute Gasteiger partial charge is 0.262 e. The Bertz CT molecular complexity index is 446. The van der Waals surface area contributed by atoms with E-state index in [1.54, 1.807) is 4.90 Å². The van der Waals surface area contributed by atoms with Crippen LogP contribution in [-0.2, 0) is 19.1 Å². The third-order valence-electron chi connectivity index (χ3n) is 3.32. The maximum Gasteiger partial charge on any atom is 0.262 e. The fourth-order valence-corrected chi connectivity index (χ4v) is 2.35. The Morgan fingerprint density at radius 1 is 1.20 bits per heavy atom. The van der Waals surface area contributed by atoms with E-state index in [9.17, 15) is 14.4 Å².